The van der Waals surface area contributed by atoms with Gasteiger partial charge in [0, 0.05) is 32.0 Å². The van der Waals surface area contributed by atoms with E-state index in [0.29, 0.717) is 42.8 Å². The number of fused-ring (bicyclic) bond motifs is 1. The molecule has 0 aliphatic carbocycles. The summed E-state index contributed by atoms with van der Waals surface area (Å²) in [5, 5.41) is 7.00. The average Bonchev–Trinajstić information content (AvgIpc) is 3.26. The lowest BCUT2D eigenvalue weighted by Crippen LogP contribution is -2.18. The SMILES string of the molecule is COCCn1c(C(=O)OC)c(NC(=O)CCc2ccccc2)c2cc(NCc3ccc(OC(C)C)cc3)cnc21. The molecule has 4 aromatic rings. The van der Waals surface area contributed by atoms with Crippen LogP contribution in [0.5, 0.6) is 5.75 Å². The second-order valence-electron chi connectivity index (χ2n) is 9.65. The number of methoxy groups -OCH3 is 2. The first-order valence-electron chi connectivity index (χ1n) is 13.3. The number of amides is 1. The van der Waals surface area contributed by atoms with Gasteiger partial charge < -0.3 is 29.4 Å². The maximum Gasteiger partial charge on any atom is 0.356 e. The van der Waals surface area contributed by atoms with Crippen LogP contribution < -0.4 is 15.4 Å². The second kappa shape index (κ2) is 13.6. The largest absolute Gasteiger partial charge is 0.491 e. The van der Waals surface area contributed by atoms with Gasteiger partial charge in [0.25, 0.3) is 0 Å². The number of anilines is 2. The molecule has 9 heteroatoms. The van der Waals surface area contributed by atoms with Crippen molar-refractivity contribution in [2.45, 2.75) is 45.9 Å². The van der Waals surface area contributed by atoms with E-state index in [2.05, 4.69) is 15.6 Å². The molecular weight excluding hydrogens is 508 g/mol. The Balaban J connectivity index is 1.62. The molecule has 0 atom stereocenters. The number of aromatic nitrogens is 2. The van der Waals surface area contributed by atoms with Crippen molar-refractivity contribution in [2.24, 2.45) is 0 Å². The van der Waals surface area contributed by atoms with Crippen molar-refractivity contribution < 1.29 is 23.8 Å². The van der Waals surface area contributed by atoms with Gasteiger partial charge in [-0.25, -0.2) is 9.78 Å². The third kappa shape index (κ3) is 7.18. The van der Waals surface area contributed by atoms with Gasteiger partial charge in [-0.3, -0.25) is 4.79 Å². The van der Waals surface area contributed by atoms with Crippen LogP contribution in [0.25, 0.3) is 11.0 Å². The maximum absolute atomic E-state index is 13.1. The lowest BCUT2D eigenvalue weighted by atomic mass is 10.1. The van der Waals surface area contributed by atoms with Crippen molar-refractivity contribution in [1.29, 1.82) is 0 Å². The summed E-state index contributed by atoms with van der Waals surface area (Å²) in [4.78, 5) is 30.7. The molecule has 4 rings (SSSR count). The van der Waals surface area contributed by atoms with E-state index in [1.165, 1.54) is 7.11 Å². The summed E-state index contributed by atoms with van der Waals surface area (Å²) in [6.07, 6.45) is 2.66. The predicted molar refractivity (Wildman–Crippen MR) is 156 cm³/mol. The topological polar surface area (TPSA) is 104 Å². The number of pyridine rings is 1. The molecule has 0 spiro atoms. The molecule has 0 aliphatic rings. The minimum atomic E-state index is -0.564. The fraction of sp³-hybridized carbons (Fsp3) is 0.323. The van der Waals surface area contributed by atoms with Crippen molar-refractivity contribution >= 4 is 34.3 Å². The van der Waals surface area contributed by atoms with Crippen molar-refractivity contribution in [2.75, 3.05) is 31.5 Å². The Morgan fingerprint density at radius 2 is 1.75 bits per heavy atom. The Kier molecular flexibility index (Phi) is 9.75. The Morgan fingerprint density at radius 3 is 2.42 bits per heavy atom. The number of nitrogens with one attached hydrogen (secondary N) is 2. The van der Waals surface area contributed by atoms with E-state index in [-0.39, 0.29) is 24.1 Å². The number of carbonyl (C=O) groups excluding carboxylic acids is 2. The second-order valence-corrected chi connectivity index (χ2v) is 9.65. The molecule has 2 aromatic heterocycles. The minimum Gasteiger partial charge on any atom is -0.491 e. The molecule has 9 nitrogen and oxygen atoms in total. The zero-order valence-corrected chi connectivity index (χ0v) is 23.4. The summed E-state index contributed by atoms with van der Waals surface area (Å²) in [6, 6.07) is 19.6. The molecule has 0 saturated carbocycles. The quantitative estimate of drug-likeness (QED) is 0.216. The van der Waals surface area contributed by atoms with E-state index >= 15 is 0 Å². The van der Waals surface area contributed by atoms with Crippen LogP contribution in [0.1, 0.15) is 41.9 Å². The van der Waals surface area contributed by atoms with Gasteiger partial charge in [0.15, 0.2) is 5.69 Å². The molecule has 0 unspecified atom stereocenters. The molecule has 2 heterocycles. The first-order chi connectivity index (χ1) is 19.4. The van der Waals surface area contributed by atoms with E-state index in [4.69, 9.17) is 14.2 Å². The third-order valence-corrected chi connectivity index (χ3v) is 6.34. The number of ether oxygens (including phenoxy) is 3. The zero-order valence-electron chi connectivity index (χ0n) is 23.4. The summed E-state index contributed by atoms with van der Waals surface area (Å²) in [7, 11) is 2.91. The predicted octanol–water partition coefficient (Wildman–Crippen LogP) is 5.44. The van der Waals surface area contributed by atoms with E-state index in [0.717, 1.165) is 22.6 Å². The number of hydrogen-bond acceptors (Lipinski definition) is 7. The molecule has 40 heavy (non-hydrogen) atoms. The van der Waals surface area contributed by atoms with E-state index < -0.39 is 5.97 Å². The lowest BCUT2D eigenvalue weighted by Gasteiger charge is -2.11. The first-order valence-corrected chi connectivity index (χ1v) is 13.3. The van der Waals surface area contributed by atoms with Crippen LogP contribution >= 0.6 is 0 Å². The van der Waals surface area contributed by atoms with Crippen molar-refractivity contribution in [3.05, 3.63) is 83.7 Å². The minimum absolute atomic E-state index is 0.112. The summed E-state index contributed by atoms with van der Waals surface area (Å²) >= 11 is 0. The monoisotopic (exact) mass is 544 g/mol. The van der Waals surface area contributed by atoms with Gasteiger partial charge in [-0.1, -0.05) is 42.5 Å². The average molecular weight is 545 g/mol. The number of nitrogens with zero attached hydrogens (tertiary/aromatic N) is 2. The van der Waals surface area contributed by atoms with E-state index in [9.17, 15) is 9.59 Å². The molecule has 0 aliphatic heterocycles. The Labute approximate surface area is 234 Å². The van der Waals surface area contributed by atoms with Crippen molar-refractivity contribution in [3.63, 3.8) is 0 Å². The normalized spacial score (nSPS) is 11.0. The highest BCUT2D eigenvalue weighted by Crippen LogP contribution is 2.33. The van der Waals surface area contributed by atoms with Gasteiger partial charge in [-0.15, -0.1) is 0 Å². The fourth-order valence-electron chi connectivity index (χ4n) is 4.42. The molecule has 0 saturated heterocycles. The number of benzene rings is 2. The first kappa shape index (κ1) is 28.6. The molecule has 2 aromatic carbocycles. The number of carbonyl (C=O) groups is 2. The van der Waals surface area contributed by atoms with Gasteiger partial charge in [-0.05, 0) is 49.6 Å². The maximum atomic E-state index is 13.1. The Hall–Kier alpha value is -4.37. The van der Waals surface area contributed by atoms with Crippen LogP contribution in [-0.2, 0) is 33.8 Å². The molecule has 0 radical (unpaired) electrons. The van der Waals surface area contributed by atoms with Crippen molar-refractivity contribution in [1.82, 2.24) is 9.55 Å². The molecule has 0 bridgehead atoms. The van der Waals surface area contributed by atoms with E-state index in [1.54, 1.807) is 17.9 Å². The number of esters is 1. The summed E-state index contributed by atoms with van der Waals surface area (Å²) in [5.41, 5.74) is 4.03. The highest BCUT2D eigenvalue weighted by atomic mass is 16.5. The summed E-state index contributed by atoms with van der Waals surface area (Å²) in [6.45, 7) is 5.26. The molecule has 2 N–H and O–H groups in total. The van der Waals surface area contributed by atoms with Gasteiger partial charge in [-0.2, -0.15) is 0 Å². The number of aryl methyl sites for hydroxylation is 1. The molecule has 210 valence electrons. The van der Waals surface area contributed by atoms with Crippen LogP contribution in [0.2, 0.25) is 0 Å². The Morgan fingerprint density at radius 1 is 1.00 bits per heavy atom. The van der Waals surface area contributed by atoms with E-state index in [1.807, 2.05) is 74.5 Å². The number of rotatable bonds is 13. The fourth-order valence-corrected chi connectivity index (χ4v) is 4.42. The van der Waals surface area contributed by atoms with Gasteiger partial charge in [0.2, 0.25) is 5.91 Å². The van der Waals surface area contributed by atoms with Crippen LogP contribution in [0.15, 0.2) is 66.9 Å². The summed E-state index contributed by atoms with van der Waals surface area (Å²) in [5.74, 6) is 0.0507. The highest BCUT2D eigenvalue weighted by Gasteiger charge is 2.26. The lowest BCUT2D eigenvalue weighted by molar-refractivity contribution is -0.116. The van der Waals surface area contributed by atoms with Crippen molar-refractivity contribution in [3.8, 4) is 5.75 Å². The smallest absolute Gasteiger partial charge is 0.356 e. The van der Waals surface area contributed by atoms with Crippen LogP contribution in [-0.4, -0.2) is 48.4 Å². The standard InChI is InChI=1S/C31H36N4O5/c1-21(2)40-25-13-10-23(11-14-25)19-32-24-18-26-28(34-27(36)15-12-22-8-6-5-7-9-22)29(31(37)39-4)35(16-17-38-3)30(26)33-20-24/h5-11,13-14,18,20-21,32H,12,15-17,19H2,1-4H3,(H,34,36). The Bertz CT molecular complexity index is 1430. The molecular formula is C31H36N4O5. The summed E-state index contributed by atoms with van der Waals surface area (Å²) < 4.78 is 17.8. The van der Waals surface area contributed by atoms with Gasteiger partial charge in [0.05, 0.1) is 37.4 Å². The zero-order chi connectivity index (χ0) is 28.5. The van der Waals surface area contributed by atoms with Crippen LogP contribution in [0, 0.1) is 0 Å². The van der Waals surface area contributed by atoms with Crippen LogP contribution in [0.4, 0.5) is 11.4 Å². The van der Waals surface area contributed by atoms with Gasteiger partial charge >= 0.3 is 5.97 Å². The number of hydrogen-bond donors (Lipinski definition) is 2. The highest BCUT2D eigenvalue weighted by molar-refractivity contribution is 6.11. The molecule has 0 fully saturated rings. The molecule has 1 amide bonds. The third-order valence-electron chi connectivity index (χ3n) is 6.34. The van der Waals surface area contributed by atoms with Gasteiger partial charge in [0.1, 0.15) is 11.4 Å². The van der Waals surface area contributed by atoms with Crippen LogP contribution in [0.3, 0.4) is 0 Å².